The monoisotopic (exact) mass is 568 g/mol. The third-order valence-corrected chi connectivity index (χ3v) is 6.70. The third-order valence-electron chi connectivity index (χ3n) is 5.68. The SMILES string of the molecule is COc1ccc(/C=C(\NC(=O)c2ccccc2)C(=O)Nc2ccc(SCC(=O)Nc3ccccn3)cc2)c(OC)c1. The van der Waals surface area contributed by atoms with Crippen LogP contribution in [-0.2, 0) is 9.59 Å². The predicted octanol–water partition coefficient (Wildman–Crippen LogP) is 5.24. The van der Waals surface area contributed by atoms with Crippen LogP contribution in [0.15, 0.2) is 108 Å². The zero-order valence-corrected chi connectivity index (χ0v) is 23.2. The summed E-state index contributed by atoms with van der Waals surface area (Å²) in [6, 6.07) is 26.1. The van der Waals surface area contributed by atoms with Gasteiger partial charge in [-0.2, -0.15) is 0 Å². The van der Waals surface area contributed by atoms with Crippen molar-refractivity contribution in [3.05, 3.63) is 114 Å². The number of anilines is 2. The van der Waals surface area contributed by atoms with Crippen LogP contribution in [0.5, 0.6) is 11.5 Å². The highest BCUT2D eigenvalue weighted by molar-refractivity contribution is 8.00. The summed E-state index contributed by atoms with van der Waals surface area (Å²) in [5.74, 6) is 0.611. The summed E-state index contributed by atoms with van der Waals surface area (Å²) < 4.78 is 10.7. The fraction of sp³-hybridized carbons (Fsp3) is 0.0968. The molecule has 0 saturated carbocycles. The number of benzene rings is 3. The van der Waals surface area contributed by atoms with Gasteiger partial charge in [0, 0.05) is 34.0 Å². The first-order chi connectivity index (χ1) is 19.9. The summed E-state index contributed by atoms with van der Waals surface area (Å²) >= 11 is 1.35. The Morgan fingerprint density at radius 1 is 0.854 bits per heavy atom. The molecule has 3 N–H and O–H groups in total. The molecule has 3 aromatic carbocycles. The van der Waals surface area contributed by atoms with Crippen LogP contribution in [0.3, 0.4) is 0 Å². The summed E-state index contributed by atoms with van der Waals surface area (Å²) in [4.78, 5) is 43.4. The van der Waals surface area contributed by atoms with Gasteiger partial charge in [0.2, 0.25) is 5.91 Å². The molecule has 0 unspecified atom stereocenters. The molecule has 41 heavy (non-hydrogen) atoms. The minimum atomic E-state index is -0.526. The second-order valence-electron chi connectivity index (χ2n) is 8.52. The number of pyridine rings is 1. The fourth-order valence-electron chi connectivity index (χ4n) is 3.63. The van der Waals surface area contributed by atoms with Crippen LogP contribution in [0.25, 0.3) is 6.08 Å². The number of thioether (sulfide) groups is 1. The van der Waals surface area contributed by atoms with Crippen molar-refractivity contribution in [2.45, 2.75) is 4.90 Å². The van der Waals surface area contributed by atoms with Gasteiger partial charge >= 0.3 is 0 Å². The van der Waals surface area contributed by atoms with E-state index < -0.39 is 11.8 Å². The molecule has 208 valence electrons. The van der Waals surface area contributed by atoms with E-state index in [0.717, 1.165) is 4.90 Å². The average Bonchev–Trinajstić information content (AvgIpc) is 3.01. The van der Waals surface area contributed by atoms with E-state index >= 15 is 0 Å². The molecule has 0 radical (unpaired) electrons. The highest BCUT2D eigenvalue weighted by Gasteiger charge is 2.17. The van der Waals surface area contributed by atoms with E-state index in [1.165, 1.54) is 18.9 Å². The van der Waals surface area contributed by atoms with Crippen molar-refractivity contribution in [1.29, 1.82) is 0 Å². The lowest BCUT2D eigenvalue weighted by atomic mass is 10.1. The summed E-state index contributed by atoms with van der Waals surface area (Å²) in [7, 11) is 3.06. The average molecular weight is 569 g/mol. The highest BCUT2D eigenvalue weighted by atomic mass is 32.2. The number of ether oxygens (including phenoxy) is 2. The molecular formula is C31H28N4O5S. The lowest BCUT2D eigenvalue weighted by Gasteiger charge is -2.13. The Kier molecular flexibility index (Phi) is 10.1. The quantitative estimate of drug-likeness (QED) is 0.167. The van der Waals surface area contributed by atoms with Gasteiger partial charge in [-0.15, -0.1) is 11.8 Å². The van der Waals surface area contributed by atoms with Crippen LogP contribution in [0.2, 0.25) is 0 Å². The van der Waals surface area contributed by atoms with Crippen LogP contribution >= 0.6 is 11.8 Å². The first-order valence-electron chi connectivity index (χ1n) is 12.5. The maximum absolute atomic E-state index is 13.4. The first-order valence-corrected chi connectivity index (χ1v) is 13.5. The lowest BCUT2D eigenvalue weighted by molar-refractivity contribution is -0.114. The molecule has 0 fully saturated rings. The van der Waals surface area contributed by atoms with Crippen molar-refractivity contribution in [2.24, 2.45) is 0 Å². The number of aromatic nitrogens is 1. The number of rotatable bonds is 11. The maximum atomic E-state index is 13.4. The van der Waals surface area contributed by atoms with Crippen molar-refractivity contribution < 1.29 is 23.9 Å². The molecule has 4 rings (SSSR count). The second kappa shape index (κ2) is 14.3. The van der Waals surface area contributed by atoms with E-state index in [4.69, 9.17) is 9.47 Å². The van der Waals surface area contributed by atoms with Gasteiger partial charge in [0.05, 0.1) is 20.0 Å². The van der Waals surface area contributed by atoms with E-state index in [0.29, 0.717) is 34.1 Å². The Morgan fingerprint density at radius 2 is 1.61 bits per heavy atom. The molecule has 0 aliphatic rings. The molecular weight excluding hydrogens is 540 g/mol. The number of carbonyl (C=O) groups is 3. The molecule has 9 nitrogen and oxygen atoms in total. The summed E-state index contributed by atoms with van der Waals surface area (Å²) in [5.41, 5.74) is 1.51. The molecule has 0 bridgehead atoms. The molecule has 10 heteroatoms. The second-order valence-corrected chi connectivity index (χ2v) is 9.57. The number of carbonyl (C=O) groups excluding carboxylic acids is 3. The normalized spacial score (nSPS) is 10.8. The van der Waals surface area contributed by atoms with Crippen molar-refractivity contribution >= 4 is 47.1 Å². The number of hydrogen-bond acceptors (Lipinski definition) is 7. The van der Waals surface area contributed by atoms with Crippen molar-refractivity contribution in [3.8, 4) is 11.5 Å². The number of nitrogens with one attached hydrogen (secondary N) is 3. The number of hydrogen-bond donors (Lipinski definition) is 3. The van der Waals surface area contributed by atoms with Crippen LogP contribution in [-0.4, -0.2) is 42.7 Å². The Hall–Kier alpha value is -5.09. The first kappa shape index (κ1) is 28.9. The lowest BCUT2D eigenvalue weighted by Crippen LogP contribution is -2.30. The summed E-state index contributed by atoms with van der Waals surface area (Å²) in [6.07, 6.45) is 3.15. The summed E-state index contributed by atoms with van der Waals surface area (Å²) in [6.45, 7) is 0. The molecule has 0 aliphatic carbocycles. The molecule has 1 heterocycles. The topological polar surface area (TPSA) is 119 Å². The van der Waals surface area contributed by atoms with Crippen LogP contribution in [0.1, 0.15) is 15.9 Å². The predicted molar refractivity (Wildman–Crippen MR) is 160 cm³/mol. The summed E-state index contributed by atoms with van der Waals surface area (Å²) in [5, 5.41) is 8.27. The minimum Gasteiger partial charge on any atom is -0.497 e. The van der Waals surface area contributed by atoms with Gasteiger partial charge in [0.1, 0.15) is 23.0 Å². The van der Waals surface area contributed by atoms with E-state index in [1.807, 2.05) is 0 Å². The van der Waals surface area contributed by atoms with Gasteiger partial charge in [0.25, 0.3) is 11.8 Å². The molecule has 3 amide bonds. The standard InChI is InChI=1S/C31H28N4O5S/c1-39-24-14-11-22(27(19-24)40-2)18-26(34-30(37)21-8-4-3-5-9-21)31(38)33-23-12-15-25(16-13-23)41-20-29(36)35-28-10-6-7-17-32-28/h3-19H,20H2,1-2H3,(H,33,38)(H,34,37)(H,32,35,36)/b26-18-. The van der Waals surface area contributed by atoms with Crippen molar-refractivity contribution in [1.82, 2.24) is 10.3 Å². The largest absolute Gasteiger partial charge is 0.497 e. The highest BCUT2D eigenvalue weighted by Crippen LogP contribution is 2.27. The zero-order chi connectivity index (χ0) is 29.0. The minimum absolute atomic E-state index is 0.0203. The maximum Gasteiger partial charge on any atom is 0.272 e. The van der Waals surface area contributed by atoms with Crippen LogP contribution in [0.4, 0.5) is 11.5 Å². The Morgan fingerprint density at radius 3 is 2.29 bits per heavy atom. The number of nitrogens with zero attached hydrogens (tertiary/aromatic N) is 1. The van der Waals surface area contributed by atoms with Crippen molar-refractivity contribution in [3.63, 3.8) is 0 Å². The van der Waals surface area contributed by atoms with Crippen LogP contribution < -0.4 is 25.4 Å². The van der Waals surface area contributed by atoms with Gasteiger partial charge < -0.3 is 25.4 Å². The van der Waals surface area contributed by atoms with Gasteiger partial charge in [-0.3, -0.25) is 14.4 Å². The molecule has 0 saturated heterocycles. The molecule has 4 aromatic rings. The van der Waals surface area contributed by atoms with E-state index in [1.54, 1.807) is 110 Å². The fourth-order valence-corrected chi connectivity index (χ4v) is 4.33. The smallest absolute Gasteiger partial charge is 0.272 e. The Labute approximate surface area is 242 Å². The molecule has 0 atom stereocenters. The van der Waals surface area contributed by atoms with Gasteiger partial charge in [-0.05, 0) is 66.7 Å². The Bertz CT molecular complexity index is 1530. The Balaban J connectivity index is 1.47. The molecule has 0 aliphatic heterocycles. The van der Waals surface area contributed by atoms with Crippen molar-refractivity contribution in [2.75, 3.05) is 30.6 Å². The van der Waals surface area contributed by atoms with E-state index in [2.05, 4.69) is 20.9 Å². The van der Waals surface area contributed by atoms with Crippen LogP contribution in [0, 0.1) is 0 Å². The van der Waals surface area contributed by atoms with E-state index in [-0.39, 0.29) is 17.4 Å². The third kappa shape index (κ3) is 8.45. The van der Waals surface area contributed by atoms with Gasteiger partial charge in [-0.1, -0.05) is 24.3 Å². The zero-order valence-electron chi connectivity index (χ0n) is 22.4. The molecule has 1 aromatic heterocycles. The van der Waals surface area contributed by atoms with Gasteiger partial charge in [0.15, 0.2) is 0 Å². The molecule has 0 spiro atoms. The van der Waals surface area contributed by atoms with E-state index in [9.17, 15) is 14.4 Å². The van der Waals surface area contributed by atoms with Gasteiger partial charge in [-0.25, -0.2) is 4.98 Å². The number of amides is 3. The number of methoxy groups -OCH3 is 2.